The van der Waals surface area contributed by atoms with Crippen molar-refractivity contribution < 1.29 is 9.59 Å². The molecule has 1 aliphatic heterocycles. The third-order valence-corrected chi connectivity index (χ3v) is 3.58. The van der Waals surface area contributed by atoms with E-state index in [-0.39, 0.29) is 18.9 Å². The molecule has 0 fully saturated rings. The molecule has 2 amide bonds. The Labute approximate surface area is 123 Å². The summed E-state index contributed by atoms with van der Waals surface area (Å²) in [6.45, 7) is 0.948. The summed E-state index contributed by atoms with van der Waals surface area (Å²) in [6, 6.07) is 9.34. The summed E-state index contributed by atoms with van der Waals surface area (Å²) in [7, 11) is 0. The van der Waals surface area contributed by atoms with Gasteiger partial charge in [-0.1, -0.05) is 24.3 Å². The Balaban J connectivity index is 2.05. The van der Waals surface area contributed by atoms with Gasteiger partial charge in [0.05, 0.1) is 25.1 Å². The van der Waals surface area contributed by atoms with Gasteiger partial charge in [0.1, 0.15) is 0 Å². The molecule has 6 nitrogen and oxygen atoms in total. The number of rotatable bonds is 5. The van der Waals surface area contributed by atoms with E-state index in [1.165, 1.54) is 0 Å². The van der Waals surface area contributed by atoms with Crippen LogP contribution in [0.15, 0.2) is 24.3 Å². The first-order chi connectivity index (χ1) is 10.1. The molecule has 1 aliphatic rings. The van der Waals surface area contributed by atoms with Crippen molar-refractivity contribution in [2.45, 2.75) is 25.4 Å². The van der Waals surface area contributed by atoms with Crippen molar-refractivity contribution in [3.8, 4) is 6.07 Å². The fourth-order valence-corrected chi connectivity index (χ4v) is 2.52. The van der Waals surface area contributed by atoms with Crippen molar-refractivity contribution >= 4 is 11.8 Å². The molecule has 1 aromatic rings. The van der Waals surface area contributed by atoms with Gasteiger partial charge in [0.15, 0.2) is 0 Å². The number of nitrogens with two attached hydrogens (primary N) is 1. The fourth-order valence-electron chi connectivity index (χ4n) is 2.52. The highest BCUT2D eigenvalue weighted by atomic mass is 16.2. The number of primary amides is 1. The van der Waals surface area contributed by atoms with Gasteiger partial charge in [0, 0.05) is 13.1 Å². The molecule has 1 atom stereocenters. The predicted molar refractivity (Wildman–Crippen MR) is 76.8 cm³/mol. The Morgan fingerprint density at radius 2 is 2.10 bits per heavy atom. The number of hydrogen-bond donors (Lipinski definition) is 2. The van der Waals surface area contributed by atoms with Gasteiger partial charge in [-0.3, -0.25) is 14.5 Å². The van der Waals surface area contributed by atoms with E-state index in [1.807, 2.05) is 30.3 Å². The maximum atomic E-state index is 11.9. The lowest BCUT2D eigenvalue weighted by Crippen LogP contribution is -2.51. The smallest absolute Gasteiger partial charge is 0.235 e. The normalized spacial score (nSPS) is 17.6. The molecule has 3 N–H and O–H groups in total. The van der Waals surface area contributed by atoms with Crippen LogP contribution in [-0.2, 0) is 22.6 Å². The molecule has 0 saturated heterocycles. The van der Waals surface area contributed by atoms with E-state index < -0.39 is 11.9 Å². The zero-order valence-corrected chi connectivity index (χ0v) is 11.7. The number of nitrogens with one attached hydrogen (secondary N) is 1. The third kappa shape index (κ3) is 3.80. The van der Waals surface area contributed by atoms with Crippen molar-refractivity contribution in [1.29, 1.82) is 5.26 Å². The highest BCUT2D eigenvalue weighted by molar-refractivity contribution is 5.83. The number of carbonyl (C=O) groups is 2. The lowest BCUT2D eigenvalue weighted by molar-refractivity contribution is -0.127. The number of carbonyl (C=O) groups excluding carboxylic acids is 2. The summed E-state index contributed by atoms with van der Waals surface area (Å²) in [4.78, 5) is 25.3. The van der Waals surface area contributed by atoms with E-state index in [2.05, 4.69) is 5.32 Å². The van der Waals surface area contributed by atoms with Gasteiger partial charge < -0.3 is 11.1 Å². The molecular formula is C15H18N4O2. The SMILES string of the molecule is N#CCCNC(=O)CN1Cc2ccccc2CC1C(N)=O. The van der Waals surface area contributed by atoms with Crippen molar-refractivity contribution in [3.05, 3.63) is 35.4 Å². The number of fused-ring (bicyclic) bond motifs is 1. The van der Waals surface area contributed by atoms with E-state index in [1.54, 1.807) is 4.90 Å². The van der Waals surface area contributed by atoms with Crippen LogP contribution < -0.4 is 11.1 Å². The topological polar surface area (TPSA) is 99.2 Å². The molecule has 0 aromatic heterocycles. The Hall–Kier alpha value is -2.39. The summed E-state index contributed by atoms with van der Waals surface area (Å²) >= 11 is 0. The summed E-state index contributed by atoms with van der Waals surface area (Å²) in [5.74, 6) is -0.620. The van der Waals surface area contributed by atoms with Crippen molar-refractivity contribution in [3.63, 3.8) is 0 Å². The van der Waals surface area contributed by atoms with Crippen molar-refractivity contribution in [1.82, 2.24) is 10.2 Å². The Morgan fingerprint density at radius 3 is 2.76 bits per heavy atom. The molecule has 1 aromatic carbocycles. The highest BCUT2D eigenvalue weighted by Crippen LogP contribution is 2.22. The van der Waals surface area contributed by atoms with Gasteiger partial charge >= 0.3 is 0 Å². The van der Waals surface area contributed by atoms with Gasteiger partial charge in [0.2, 0.25) is 11.8 Å². The molecule has 0 spiro atoms. The second kappa shape index (κ2) is 6.86. The van der Waals surface area contributed by atoms with Crippen LogP contribution >= 0.6 is 0 Å². The number of amides is 2. The minimum atomic E-state index is -0.471. The molecule has 2 rings (SSSR count). The maximum absolute atomic E-state index is 11.9. The van der Waals surface area contributed by atoms with Crippen LogP contribution in [0, 0.1) is 11.3 Å². The van der Waals surface area contributed by atoms with E-state index in [9.17, 15) is 9.59 Å². The number of nitriles is 1. The van der Waals surface area contributed by atoms with E-state index in [0.717, 1.165) is 11.1 Å². The lowest BCUT2D eigenvalue weighted by atomic mass is 9.93. The van der Waals surface area contributed by atoms with E-state index in [0.29, 0.717) is 19.5 Å². The zero-order valence-electron chi connectivity index (χ0n) is 11.7. The van der Waals surface area contributed by atoms with Crippen LogP contribution in [0.2, 0.25) is 0 Å². The third-order valence-electron chi connectivity index (χ3n) is 3.58. The molecule has 1 unspecified atom stereocenters. The Kier molecular flexibility index (Phi) is 4.90. The molecular weight excluding hydrogens is 268 g/mol. The van der Waals surface area contributed by atoms with E-state index >= 15 is 0 Å². The second-order valence-electron chi connectivity index (χ2n) is 5.05. The van der Waals surface area contributed by atoms with Gasteiger partial charge in [-0.15, -0.1) is 0 Å². The average molecular weight is 286 g/mol. The highest BCUT2D eigenvalue weighted by Gasteiger charge is 2.30. The van der Waals surface area contributed by atoms with Crippen LogP contribution in [0.1, 0.15) is 17.5 Å². The molecule has 0 saturated carbocycles. The Morgan fingerprint density at radius 1 is 1.38 bits per heavy atom. The predicted octanol–water partition coefficient (Wildman–Crippen LogP) is -0.0715. The number of nitrogens with zero attached hydrogens (tertiary/aromatic N) is 2. The van der Waals surface area contributed by atoms with Crippen LogP contribution in [0.4, 0.5) is 0 Å². The summed E-state index contributed by atoms with van der Waals surface area (Å²) in [5, 5.41) is 11.1. The average Bonchev–Trinajstić information content (AvgIpc) is 2.46. The molecule has 1 heterocycles. The molecule has 0 radical (unpaired) electrons. The van der Waals surface area contributed by atoms with Gasteiger partial charge in [0.25, 0.3) is 0 Å². The molecule has 110 valence electrons. The maximum Gasteiger partial charge on any atom is 0.235 e. The quantitative estimate of drug-likeness (QED) is 0.740. The van der Waals surface area contributed by atoms with Crippen LogP contribution in [0.3, 0.4) is 0 Å². The van der Waals surface area contributed by atoms with Gasteiger partial charge in [-0.05, 0) is 17.5 Å². The number of benzene rings is 1. The van der Waals surface area contributed by atoms with Crippen molar-refractivity contribution in [2.24, 2.45) is 5.73 Å². The first-order valence-corrected chi connectivity index (χ1v) is 6.85. The van der Waals surface area contributed by atoms with Crippen molar-refractivity contribution in [2.75, 3.05) is 13.1 Å². The largest absolute Gasteiger partial charge is 0.368 e. The molecule has 0 aliphatic carbocycles. The van der Waals surface area contributed by atoms with Gasteiger partial charge in [-0.25, -0.2) is 0 Å². The fraction of sp³-hybridized carbons (Fsp3) is 0.400. The first kappa shape index (κ1) is 15.0. The second-order valence-corrected chi connectivity index (χ2v) is 5.05. The summed E-state index contributed by atoms with van der Waals surface area (Å²) < 4.78 is 0. The minimum absolute atomic E-state index is 0.105. The zero-order chi connectivity index (χ0) is 15.2. The van der Waals surface area contributed by atoms with Gasteiger partial charge in [-0.2, -0.15) is 5.26 Å². The monoisotopic (exact) mass is 286 g/mol. The molecule has 6 heteroatoms. The standard InChI is InChI=1S/C15H18N4O2/c16-6-3-7-18-14(20)10-19-9-12-5-2-1-4-11(12)8-13(19)15(17)21/h1-2,4-5,13H,3,7-10H2,(H2,17,21)(H,18,20). The molecule has 21 heavy (non-hydrogen) atoms. The van der Waals surface area contributed by atoms with Crippen LogP contribution in [-0.4, -0.2) is 35.8 Å². The number of hydrogen-bond acceptors (Lipinski definition) is 4. The summed E-state index contributed by atoms with van der Waals surface area (Å²) in [6.07, 6.45) is 0.796. The van der Waals surface area contributed by atoms with Crippen LogP contribution in [0.5, 0.6) is 0 Å². The first-order valence-electron chi connectivity index (χ1n) is 6.85. The summed E-state index contributed by atoms with van der Waals surface area (Å²) in [5.41, 5.74) is 7.67. The minimum Gasteiger partial charge on any atom is -0.368 e. The Bertz CT molecular complexity index is 579. The molecule has 0 bridgehead atoms. The lowest BCUT2D eigenvalue weighted by Gasteiger charge is -2.34. The van der Waals surface area contributed by atoms with Crippen LogP contribution in [0.25, 0.3) is 0 Å². The van der Waals surface area contributed by atoms with E-state index in [4.69, 9.17) is 11.0 Å².